The fourth-order valence-corrected chi connectivity index (χ4v) is 2.17. The molecule has 0 heterocycles. The van der Waals surface area contributed by atoms with Crippen molar-refractivity contribution in [1.29, 1.82) is 5.26 Å². The van der Waals surface area contributed by atoms with Gasteiger partial charge in [0, 0.05) is 0 Å². The monoisotopic (exact) mass is 253 g/mol. The summed E-state index contributed by atoms with van der Waals surface area (Å²) in [5, 5.41) is 8.30. The summed E-state index contributed by atoms with van der Waals surface area (Å²) < 4.78 is 27.8. The molecule has 0 N–H and O–H groups in total. The Labute approximate surface area is 102 Å². The molecule has 0 bridgehead atoms. The Hall–Kier alpha value is -1.54. The van der Waals surface area contributed by atoms with Crippen LogP contribution in [0.3, 0.4) is 0 Å². The number of hydrogen-bond donors (Lipinski definition) is 0. The number of nitriles is 1. The van der Waals surface area contributed by atoms with Crippen LogP contribution in [0.2, 0.25) is 0 Å². The molecule has 1 rings (SSSR count). The maximum absolute atomic E-state index is 11.2. The van der Waals surface area contributed by atoms with Crippen LogP contribution in [0.15, 0.2) is 24.3 Å². The minimum absolute atomic E-state index is 0.00752. The molecule has 1 aromatic carbocycles. The van der Waals surface area contributed by atoms with E-state index in [1.54, 1.807) is 6.07 Å². The van der Waals surface area contributed by atoms with E-state index in [1.165, 1.54) is 0 Å². The standard InChI is InChI=1S/C12H15NO3S/c1-11-3-5-12(6-4-11)16-8-2-9-17(14,15)10-7-13/h3-6H,2,8-10H2,1H3. The molecule has 0 unspecified atom stereocenters. The predicted octanol–water partition coefficient (Wildman–Crippen LogP) is 1.70. The lowest BCUT2D eigenvalue weighted by atomic mass is 10.2. The van der Waals surface area contributed by atoms with Crippen molar-refractivity contribution in [2.45, 2.75) is 13.3 Å². The number of hydrogen-bond acceptors (Lipinski definition) is 4. The molecule has 0 radical (unpaired) electrons. The van der Waals surface area contributed by atoms with Gasteiger partial charge < -0.3 is 4.74 Å². The largest absolute Gasteiger partial charge is 0.494 e. The molecule has 0 aliphatic rings. The highest BCUT2D eigenvalue weighted by atomic mass is 32.2. The van der Waals surface area contributed by atoms with E-state index in [0.717, 1.165) is 11.3 Å². The van der Waals surface area contributed by atoms with Crippen LogP contribution >= 0.6 is 0 Å². The van der Waals surface area contributed by atoms with Gasteiger partial charge in [-0.3, -0.25) is 0 Å². The number of ether oxygens (including phenoxy) is 1. The Morgan fingerprint density at radius 3 is 2.53 bits per heavy atom. The number of benzene rings is 1. The highest BCUT2D eigenvalue weighted by Crippen LogP contribution is 2.11. The molecule has 0 saturated carbocycles. The molecular weight excluding hydrogens is 238 g/mol. The zero-order valence-corrected chi connectivity index (χ0v) is 10.5. The minimum atomic E-state index is -3.23. The normalized spacial score (nSPS) is 10.8. The maximum atomic E-state index is 11.2. The molecule has 1 aromatic rings. The van der Waals surface area contributed by atoms with E-state index < -0.39 is 15.6 Å². The Kier molecular flexibility index (Phi) is 4.98. The van der Waals surface area contributed by atoms with Crippen molar-refractivity contribution < 1.29 is 13.2 Å². The van der Waals surface area contributed by atoms with E-state index in [1.807, 2.05) is 31.2 Å². The summed E-state index contributed by atoms with van der Waals surface area (Å²) >= 11 is 0. The van der Waals surface area contributed by atoms with Gasteiger partial charge >= 0.3 is 0 Å². The zero-order valence-electron chi connectivity index (χ0n) is 9.72. The third-order valence-corrected chi connectivity index (χ3v) is 3.65. The Morgan fingerprint density at radius 2 is 1.94 bits per heavy atom. The van der Waals surface area contributed by atoms with E-state index >= 15 is 0 Å². The van der Waals surface area contributed by atoms with Gasteiger partial charge in [-0.1, -0.05) is 17.7 Å². The van der Waals surface area contributed by atoms with Gasteiger partial charge in [-0.2, -0.15) is 5.26 Å². The first-order chi connectivity index (χ1) is 8.03. The van der Waals surface area contributed by atoms with Crippen molar-refractivity contribution in [3.05, 3.63) is 29.8 Å². The maximum Gasteiger partial charge on any atom is 0.163 e. The van der Waals surface area contributed by atoms with Crippen molar-refractivity contribution >= 4 is 9.84 Å². The first-order valence-corrected chi connectivity index (χ1v) is 7.12. The summed E-state index contributed by atoms with van der Waals surface area (Å²) in [5.41, 5.74) is 1.15. The third-order valence-electron chi connectivity index (χ3n) is 2.17. The number of aryl methyl sites for hydroxylation is 1. The average Bonchev–Trinajstić information content (AvgIpc) is 2.27. The highest BCUT2D eigenvalue weighted by molar-refractivity contribution is 7.91. The summed E-state index contributed by atoms with van der Waals surface area (Å²) in [6.45, 7) is 2.33. The van der Waals surface area contributed by atoms with Crippen LogP contribution in [0.5, 0.6) is 5.75 Å². The lowest BCUT2D eigenvalue weighted by Gasteiger charge is -2.05. The molecule has 17 heavy (non-hydrogen) atoms. The molecule has 0 aliphatic carbocycles. The second kappa shape index (κ2) is 6.26. The van der Waals surface area contributed by atoms with E-state index in [9.17, 15) is 8.42 Å². The average molecular weight is 253 g/mol. The Bertz CT molecular complexity index is 485. The molecule has 0 amide bonds. The minimum Gasteiger partial charge on any atom is -0.494 e. The van der Waals surface area contributed by atoms with Gasteiger partial charge in [0.05, 0.1) is 18.4 Å². The Morgan fingerprint density at radius 1 is 1.29 bits per heavy atom. The van der Waals surface area contributed by atoms with Crippen LogP contribution in [0, 0.1) is 18.3 Å². The third kappa shape index (κ3) is 5.36. The van der Waals surface area contributed by atoms with Gasteiger partial charge in [-0.25, -0.2) is 8.42 Å². The van der Waals surface area contributed by atoms with Crippen molar-refractivity contribution in [2.24, 2.45) is 0 Å². The Balaban J connectivity index is 2.30. The molecule has 0 saturated heterocycles. The van der Waals surface area contributed by atoms with Crippen molar-refractivity contribution in [1.82, 2.24) is 0 Å². The fourth-order valence-electron chi connectivity index (χ4n) is 1.27. The molecule has 0 aliphatic heterocycles. The summed E-state index contributed by atoms with van der Waals surface area (Å²) in [4.78, 5) is 0. The van der Waals surface area contributed by atoms with Gasteiger partial charge in [-0.15, -0.1) is 0 Å². The fraction of sp³-hybridized carbons (Fsp3) is 0.417. The van der Waals surface area contributed by atoms with Crippen molar-refractivity contribution in [2.75, 3.05) is 18.1 Å². The number of rotatable bonds is 6. The SMILES string of the molecule is Cc1ccc(OCCCS(=O)(=O)CC#N)cc1. The summed E-state index contributed by atoms with van der Waals surface area (Å²) in [6.07, 6.45) is 0.401. The van der Waals surface area contributed by atoms with Crippen molar-refractivity contribution in [3.8, 4) is 11.8 Å². The first-order valence-electron chi connectivity index (χ1n) is 5.30. The van der Waals surface area contributed by atoms with E-state index in [0.29, 0.717) is 13.0 Å². The van der Waals surface area contributed by atoms with Gasteiger partial charge in [0.25, 0.3) is 0 Å². The quantitative estimate of drug-likeness (QED) is 0.724. The van der Waals surface area contributed by atoms with Crippen LogP contribution in [0.4, 0.5) is 0 Å². The van der Waals surface area contributed by atoms with Crippen LogP contribution < -0.4 is 4.74 Å². The molecule has 4 nitrogen and oxygen atoms in total. The molecule has 5 heteroatoms. The van der Waals surface area contributed by atoms with E-state index in [4.69, 9.17) is 10.00 Å². The summed E-state index contributed by atoms with van der Waals surface area (Å²) in [7, 11) is -3.23. The molecule has 0 fully saturated rings. The van der Waals surface area contributed by atoms with Gasteiger partial charge in [0.2, 0.25) is 0 Å². The van der Waals surface area contributed by atoms with E-state index in [-0.39, 0.29) is 5.75 Å². The second-order valence-corrected chi connectivity index (χ2v) is 5.95. The van der Waals surface area contributed by atoms with Crippen LogP contribution in [-0.2, 0) is 9.84 Å². The van der Waals surface area contributed by atoms with E-state index in [2.05, 4.69) is 0 Å². The van der Waals surface area contributed by atoms with Crippen LogP contribution in [0.25, 0.3) is 0 Å². The summed E-state index contributed by atoms with van der Waals surface area (Å²) in [5.74, 6) is 0.303. The van der Waals surface area contributed by atoms with Gasteiger partial charge in [-0.05, 0) is 25.5 Å². The topological polar surface area (TPSA) is 67.2 Å². The van der Waals surface area contributed by atoms with Crippen LogP contribution in [0.1, 0.15) is 12.0 Å². The number of sulfone groups is 1. The summed E-state index contributed by atoms with van der Waals surface area (Å²) in [6, 6.07) is 9.20. The van der Waals surface area contributed by atoms with Crippen molar-refractivity contribution in [3.63, 3.8) is 0 Å². The molecule has 92 valence electrons. The molecule has 0 aromatic heterocycles. The zero-order chi connectivity index (χ0) is 12.7. The molecular formula is C12H15NO3S. The van der Waals surface area contributed by atoms with Crippen LogP contribution in [-0.4, -0.2) is 26.5 Å². The van der Waals surface area contributed by atoms with Gasteiger partial charge in [0.15, 0.2) is 9.84 Å². The lowest BCUT2D eigenvalue weighted by molar-refractivity contribution is 0.317. The second-order valence-electron chi connectivity index (χ2n) is 3.77. The smallest absolute Gasteiger partial charge is 0.163 e. The molecule has 0 atom stereocenters. The first kappa shape index (κ1) is 13.5. The van der Waals surface area contributed by atoms with Gasteiger partial charge in [0.1, 0.15) is 11.5 Å². The predicted molar refractivity (Wildman–Crippen MR) is 65.6 cm³/mol. The highest BCUT2D eigenvalue weighted by Gasteiger charge is 2.09. The lowest BCUT2D eigenvalue weighted by Crippen LogP contribution is -2.12. The number of nitrogens with zero attached hydrogens (tertiary/aromatic N) is 1. The molecule has 0 spiro atoms.